The molecule has 1 fully saturated rings. The molecule has 4 nitrogen and oxygen atoms in total. The molecule has 1 aromatic heterocycles. The van der Waals surface area contributed by atoms with Gasteiger partial charge in [-0.25, -0.2) is 4.79 Å². The second kappa shape index (κ2) is 5.74. The molecule has 0 saturated heterocycles. The molecule has 0 aliphatic heterocycles. The van der Waals surface area contributed by atoms with Gasteiger partial charge in [-0.2, -0.15) is 0 Å². The summed E-state index contributed by atoms with van der Waals surface area (Å²) in [6.45, 7) is 0. The molecule has 0 radical (unpaired) electrons. The summed E-state index contributed by atoms with van der Waals surface area (Å²) in [4.78, 5) is 16.1. The van der Waals surface area contributed by atoms with Crippen molar-refractivity contribution < 1.29 is 9.53 Å². The molecule has 1 aliphatic carbocycles. The van der Waals surface area contributed by atoms with Crippen LogP contribution in [0.4, 0.5) is 4.79 Å². The topological polar surface area (TPSA) is 51.2 Å². The maximum Gasteiger partial charge on any atom is 0.413 e. The van der Waals surface area contributed by atoms with E-state index in [2.05, 4.69) is 10.3 Å². The number of carbonyl (C=O) groups excluding carboxylic acids is 1. The Kier molecular flexibility index (Phi) is 3.63. The van der Waals surface area contributed by atoms with Gasteiger partial charge in [0.1, 0.15) is 5.75 Å². The van der Waals surface area contributed by atoms with E-state index in [-0.39, 0.29) is 6.04 Å². The summed E-state index contributed by atoms with van der Waals surface area (Å²) in [5.74, 6) is 1.04. The van der Waals surface area contributed by atoms with Gasteiger partial charge in [-0.3, -0.25) is 4.98 Å². The Balaban J connectivity index is 1.67. The second-order valence-corrected chi connectivity index (χ2v) is 4.95. The van der Waals surface area contributed by atoms with Crippen molar-refractivity contribution in [1.82, 2.24) is 10.3 Å². The van der Waals surface area contributed by atoms with Crippen LogP contribution in [0.1, 0.15) is 24.4 Å². The maximum absolute atomic E-state index is 12.0. The number of ether oxygens (including phenoxy) is 1. The molecule has 1 heterocycles. The third kappa shape index (κ3) is 3.15. The highest BCUT2D eigenvalue weighted by Gasteiger charge is 2.34. The van der Waals surface area contributed by atoms with Gasteiger partial charge < -0.3 is 10.1 Å². The van der Waals surface area contributed by atoms with E-state index >= 15 is 0 Å². The minimum absolute atomic E-state index is 0.0140. The van der Waals surface area contributed by atoms with Gasteiger partial charge >= 0.3 is 6.09 Å². The van der Waals surface area contributed by atoms with Crippen molar-refractivity contribution in [2.45, 2.75) is 18.9 Å². The van der Waals surface area contributed by atoms with Crippen molar-refractivity contribution in [3.63, 3.8) is 0 Å². The number of hydrogen-bond acceptors (Lipinski definition) is 3. The smallest absolute Gasteiger partial charge is 0.410 e. The van der Waals surface area contributed by atoms with Crippen molar-refractivity contribution in [2.75, 3.05) is 0 Å². The zero-order chi connectivity index (χ0) is 13.8. The number of para-hydroxylation sites is 1. The second-order valence-electron chi connectivity index (χ2n) is 4.95. The lowest BCUT2D eigenvalue weighted by Gasteiger charge is -2.18. The van der Waals surface area contributed by atoms with E-state index in [9.17, 15) is 4.79 Å². The fourth-order valence-corrected chi connectivity index (χ4v) is 2.21. The standard InChI is InChI=1S/C16H16N2O2/c19-16(20-14-6-2-1-3-7-14)18-15(12-8-9-12)13-5-4-10-17-11-13/h1-7,10-12,15H,8-9H2,(H,18,19)/t15-/m1/s1. The van der Waals surface area contributed by atoms with Crippen molar-refractivity contribution in [2.24, 2.45) is 5.92 Å². The van der Waals surface area contributed by atoms with Crippen molar-refractivity contribution >= 4 is 6.09 Å². The highest BCUT2D eigenvalue weighted by Crippen LogP contribution is 2.40. The molecular formula is C16H16N2O2. The van der Waals surface area contributed by atoms with Crippen molar-refractivity contribution in [1.29, 1.82) is 0 Å². The summed E-state index contributed by atoms with van der Waals surface area (Å²) < 4.78 is 5.27. The van der Waals surface area contributed by atoms with Crippen molar-refractivity contribution in [3.8, 4) is 5.75 Å². The molecule has 3 rings (SSSR count). The van der Waals surface area contributed by atoms with E-state index in [1.807, 2.05) is 30.3 Å². The average molecular weight is 268 g/mol. The molecule has 2 aromatic rings. The summed E-state index contributed by atoms with van der Waals surface area (Å²) in [7, 11) is 0. The van der Waals surface area contributed by atoms with Gasteiger partial charge in [0.25, 0.3) is 0 Å². The van der Waals surface area contributed by atoms with Crippen LogP contribution in [0.2, 0.25) is 0 Å². The highest BCUT2D eigenvalue weighted by atomic mass is 16.6. The first-order valence-electron chi connectivity index (χ1n) is 6.76. The summed E-state index contributed by atoms with van der Waals surface area (Å²) in [5.41, 5.74) is 1.03. The summed E-state index contributed by atoms with van der Waals surface area (Å²) >= 11 is 0. The van der Waals surface area contributed by atoms with Crippen molar-refractivity contribution in [3.05, 3.63) is 60.4 Å². The number of amides is 1. The summed E-state index contributed by atoms with van der Waals surface area (Å²) in [6.07, 6.45) is 5.37. The van der Waals surface area contributed by atoms with Gasteiger partial charge in [-0.1, -0.05) is 24.3 Å². The predicted molar refractivity (Wildman–Crippen MR) is 75.3 cm³/mol. The fraction of sp³-hybridized carbons (Fsp3) is 0.250. The number of pyridine rings is 1. The predicted octanol–water partition coefficient (Wildman–Crippen LogP) is 3.32. The minimum Gasteiger partial charge on any atom is -0.410 e. The summed E-state index contributed by atoms with van der Waals surface area (Å²) in [6, 6.07) is 12.9. The van der Waals surface area contributed by atoms with Gasteiger partial charge in [0.15, 0.2) is 0 Å². The van der Waals surface area contributed by atoms with Crippen LogP contribution in [0, 0.1) is 5.92 Å². The molecule has 1 atom stereocenters. The van der Waals surface area contributed by atoms with Gasteiger partial charge in [0, 0.05) is 12.4 Å². The van der Waals surface area contributed by atoms with E-state index in [0.29, 0.717) is 11.7 Å². The van der Waals surface area contributed by atoms with Crippen LogP contribution in [0.5, 0.6) is 5.75 Å². The molecule has 20 heavy (non-hydrogen) atoms. The number of hydrogen-bond donors (Lipinski definition) is 1. The van der Waals surface area contributed by atoms with Crippen LogP contribution in [0.15, 0.2) is 54.9 Å². The number of carbonyl (C=O) groups is 1. The lowest BCUT2D eigenvalue weighted by atomic mass is 10.1. The third-order valence-electron chi connectivity index (χ3n) is 3.36. The van der Waals surface area contributed by atoms with E-state index in [0.717, 1.165) is 18.4 Å². The van der Waals surface area contributed by atoms with Gasteiger partial charge in [0.2, 0.25) is 0 Å². The van der Waals surface area contributed by atoms with Gasteiger partial charge in [-0.05, 0) is 42.5 Å². The Hall–Kier alpha value is -2.36. The monoisotopic (exact) mass is 268 g/mol. The number of nitrogens with zero attached hydrogens (tertiary/aromatic N) is 1. The minimum atomic E-state index is -0.419. The molecular weight excluding hydrogens is 252 g/mol. The Bertz CT molecular complexity index is 568. The molecule has 1 aromatic carbocycles. The van der Waals surface area contributed by atoms with E-state index in [1.165, 1.54) is 0 Å². The lowest BCUT2D eigenvalue weighted by molar-refractivity contribution is 0.194. The van der Waals surface area contributed by atoms with Crippen LogP contribution in [0.3, 0.4) is 0 Å². The van der Waals surface area contributed by atoms with E-state index in [4.69, 9.17) is 4.74 Å². The molecule has 1 saturated carbocycles. The molecule has 1 N–H and O–H groups in total. The van der Waals surface area contributed by atoms with E-state index in [1.54, 1.807) is 24.5 Å². The summed E-state index contributed by atoms with van der Waals surface area (Å²) in [5, 5.41) is 2.94. The molecule has 4 heteroatoms. The van der Waals surface area contributed by atoms with Crippen LogP contribution in [-0.4, -0.2) is 11.1 Å². The fourth-order valence-electron chi connectivity index (χ4n) is 2.21. The molecule has 1 aliphatic rings. The Morgan fingerprint density at radius 2 is 2.00 bits per heavy atom. The first-order chi connectivity index (χ1) is 9.83. The first kappa shape index (κ1) is 12.7. The average Bonchev–Trinajstić information content (AvgIpc) is 3.31. The lowest BCUT2D eigenvalue weighted by Crippen LogP contribution is -2.32. The third-order valence-corrected chi connectivity index (χ3v) is 3.36. The number of rotatable bonds is 4. The molecule has 1 amide bonds. The Morgan fingerprint density at radius 1 is 1.20 bits per heavy atom. The molecule has 0 spiro atoms. The quantitative estimate of drug-likeness (QED) is 0.925. The Morgan fingerprint density at radius 3 is 2.65 bits per heavy atom. The largest absolute Gasteiger partial charge is 0.413 e. The zero-order valence-electron chi connectivity index (χ0n) is 11.0. The normalized spacial score (nSPS) is 15.4. The van der Waals surface area contributed by atoms with Crippen LogP contribution < -0.4 is 10.1 Å². The number of benzene rings is 1. The first-order valence-corrected chi connectivity index (χ1v) is 6.76. The van der Waals surface area contributed by atoms with Crippen LogP contribution >= 0.6 is 0 Å². The van der Waals surface area contributed by atoms with Gasteiger partial charge in [0.05, 0.1) is 6.04 Å². The SMILES string of the molecule is O=C(N[C@@H](c1cccnc1)C1CC1)Oc1ccccc1. The number of nitrogens with one attached hydrogen (secondary N) is 1. The maximum atomic E-state index is 12.0. The zero-order valence-corrected chi connectivity index (χ0v) is 11.0. The van der Waals surface area contributed by atoms with Gasteiger partial charge in [-0.15, -0.1) is 0 Å². The molecule has 0 unspecified atom stereocenters. The highest BCUT2D eigenvalue weighted by molar-refractivity contribution is 5.71. The van der Waals surface area contributed by atoms with Crippen LogP contribution in [0.25, 0.3) is 0 Å². The van der Waals surface area contributed by atoms with Crippen LogP contribution in [-0.2, 0) is 0 Å². The Labute approximate surface area is 117 Å². The van der Waals surface area contributed by atoms with E-state index < -0.39 is 6.09 Å². The molecule has 102 valence electrons. The molecule has 0 bridgehead atoms. The number of aromatic nitrogens is 1.